The summed E-state index contributed by atoms with van der Waals surface area (Å²) in [4.78, 5) is 2.40. The molecule has 0 amide bonds. The Morgan fingerprint density at radius 2 is 2.18 bits per heavy atom. The summed E-state index contributed by atoms with van der Waals surface area (Å²) in [5.41, 5.74) is 2.23. The van der Waals surface area contributed by atoms with Gasteiger partial charge in [0.1, 0.15) is 5.82 Å². The molecule has 2 atom stereocenters. The standard InChI is InChI=1S/C14H21FN2/c1-10-6-11(2)17(9-10)14-5-4-13(15)7-12(14)8-16-3/h4-5,7,10-11,16H,6,8-9H2,1-3H3. The number of halogens is 1. The molecule has 1 aromatic rings. The summed E-state index contributed by atoms with van der Waals surface area (Å²) in [7, 11) is 1.89. The van der Waals surface area contributed by atoms with Gasteiger partial charge in [0.15, 0.2) is 0 Å². The average Bonchev–Trinajstić information content (AvgIpc) is 2.59. The second-order valence-electron chi connectivity index (χ2n) is 5.15. The highest BCUT2D eigenvalue weighted by Gasteiger charge is 2.27. The minimum Gasteiger partial charge on any atom is -0.368 e. The van der Waals surface area contributed by atoms with E-state index in [1.807, 2.05) is 13.1 Å². The first-order valence-electron chi connectivity index (χ1n) is 6.31. The second-order valence-corrected chi connectivity index (χ2v) is 5.15. The Morgan fingerprint density at radius 3 is 2.76 bits per heavy atom. The highest BCUT2D eigenvalue weighted by atomic mass is 19.1. The van der Waals surface area contributed by atoms with E-state index >= 15 is 0 Å². The van der Waals surface area contributed by atoms with Gasteiger partial charge in [0.25, 0.3) is 0 Å². The zero-order valence-corrected chi connectivity index (χ0v) is 10.8. The quantitative estimate of drug-likeness (QED) is 0.868. The third-order valence-corrected chi connectivity index (χ3v) is 3.50. The van der Waals surface area contributed by atoms with Crippen LogP contribution in [0.4, 0.5) is 10.1 Å². The van der Waals surface area contributed by atoms with E-state index in [2.05, 4.69) is 24.1 Å². The molecule has 3 heteroatoms. The zero-order chi connectivity index (χ0) is 12.4. The molecule has 1 N–H and O–H groups in total. The van der Waals surface area contributed by atoms with Crippen molar-refractivity contribution in [2.24, 2.45) is 5.92 Å². The lowest BCUT2D eigenvalue weighted by molar-refractivity contribution is 0.621. The molecule has 1 fully saturated rings. The van der Waals surface area contributed by atoms with E-state index in [4.69, 9.17) is 0 Å². The van der Waals surface area contributed by atoms with Crippen molar-refractivity contribution >= 4 is 5.69 Å². The number of nitrogens with one attached hydrogen (secondary N) is 1. The molecule has 2 rings (SSSR count). The van der Waals surface area contributed by atoms with Crippen molar-refractivity contribution in [3.05, 3.63) is 29.6 Å². The fourth-order valence-corrected chi connectivity index (χ4v) is 2.80. The van der Waals surface area contributed by atoms with Crippen molar-refractivity contribution < 1.29 is 4.39 Å². The lowest BCUT2D eigenvalue weighted by Gasteiger charge is -2.26. The Balaban J connectivity index is 2.30. The van der Waals surface area contributed by atoms with Crippen LogP contribution in [-0.2, 0) is 6.54 Å². The predicted molar refractivity (Wildman–Crippen MR) is 69.8 cm³/mol. The second kappa shape index (κ2) is 5.05. The van der Waals surface area contributed by atoms with E-state index in [9.17, 15) is 4.39 Å². The van der Waals surface area contributed by atoms with Gasteiger partial charge < -0.3 is 10.2 Å². The van der Waals surface area contributed by atoms with Crippen molar-refractivity contribution in [1.82, 2.24) is 5.32 Å². The summed E-state index contributed by atoms with van der Waals surface area (Å²) in [6.07, 6.45) is 1.22. The number of anilines is 1. The molecule has 94 valence electrons. The molecular weight excluding hydrogens is 215 g/mol. The van der Waals surface area contributed by atoms with Gasteiger partial charge in [-0.05, 0) is 50.1 Å². The maximum Gasteiger partial charge on any atom is 0.123 e. The molecule has 1 aromatic carbocycles. The van der Waals surface area contributed by atoms with E-state index in [-0.39, 0.29) is 5.82 Å². The van der Waals surface area contributed by atoms with Crippen LogP contribution in [0, 0.1) is 11.7 Å². The van der Waals surface area contributed by atoms with E-state index in [0.29, 0.717) is 12.6 Å². The molecule has 0 radical (unpaired) electrons. The molecule has 1 saturated heterocycles. The molecule has 0 bridgehead atoms. The van der Waals surface area contributed by atoms with Crippen molar-refractivity contribution in [3.63, 3.8) is 0 Å². The summed E-state index contributed by atoms with van der Waals surface area (Å²) in [6, 6.07) is 5.66. The van der Waals surface area contributed by atoms with Crippen LogP contribution in [0.15, 0.2) is 18.2 Å². The number of nitrogens with zero attached hydrogens (tertiary/aromatic N) is 1. The highest BCUT2D eigenvalue weighted by Crippen LogP contribution is 2.31. The minimum absolute atomic E-state index is 0.154. The van der Waals surface area contributed by atoms with Gasteiger partial charge in [0.2, 0.25) is 0 Å². The first kappa shape index (κ1) is 12.4. The van der Waals surface area contributed by atoms with E-state index in [0.717, 1.165) is 18.0 Å². The van der Waals surface area contributed by atoms with E-state index in [1.54, 1.807) is 12.1 Å². The molecule has 1 heterocycles. The van der Waals surface area contributed by atoms with Crippen LogP contribution < -0.4 is 10.2 Å². The summed E-state index contributed by atoms with van der Waals surface area (Å²) in [5.74, 6) is 0.566. The van der Waals surface area contributed by atoms with Gasteiger partial charge in [-0.15, -0.1) is 0 Å². The largest absolute Gasteiger partial charge is 0.368 e. The summed E-state index contributed by atoms with van der Waals surface area (Å²) in [6.45, 7) is 6.31. The van der Waals surface area contributed by atoms with Gasteiger partial charge in [0, 0.05) is 24.8 Å². The molecule has 2 nitrogen and oxygen atoms in total. The van der Waals surface area contributed by atoms with Crippen LogP contribution in [0.2, 0.25) is 0 Å². The van der Waals surface area contributed by atoms with E-state index < -0.39 is 0 Å². The molecule has 0 aliphatic carbocycles. The Labute approximate surface area is 103 Å². The fraction of sp³-hybridized carbons (Fsp3) is 0.571. The molecule has 2 unspecified atom stereocenters. The highest BCUT2D eigenvalue weighted by molar-refractivity contribution is 5.55. The Kier molecular flexibility index (Phi) is 3.67. The zero-order valence-electron chi connectivity index (χ0n) is 10.8. The van der Waals surface area contributed by atoms with Gasteiger partial charge in [-0.1, -0.05) is 6.92 Å². The molecule has 17 heavy (non-hydrogen) atoms. The van der Waals surface area contributed by atoms with Gasteiger partial charge >= 0.3 is 0 Å². The third-order valence-electron chi connectivity index (χ3n) is 3.50. The first-order valence-corrected chi connectivity index (χ1v) is 6.31. The molecule has 1 aliphatic heterocycles. The van der Waals surface area contributed by atoms with Crippen LogP contribution in [0.5, 0.6) is 0 Å². The maximum atomic E-state index is 13.3. The molecule has 1 aliphatic rings. The lowest BCUT2D eigenvalue weighted by atomic mass is 10.1. The Hall–Kier alpha value is -1.09. The summed E-state index contributed by atoms with van der Waals surface area (Å²) in [5, 5.41) is 3.11. The van der Waals surface area contributed by atoms with Crippen LogP contribution in [0.3, 0.4) is 0 Å². The number of hydrogen-bond donors (Lipinski definition) is 1. The van der Waals surface area contributed by atoms with Crippen molar-refractivity contribution in [1.29, 1.82) is 0 Å². The smallest absolute Gasteiger partial charge is 0.123 e. The normalized spacial score (nSPS) is 24.4. The van der Waals surface area contributed by atoms with Gasteiger partial charge in [-0.25, -0.2) is 4.39 Å². The SMILES string of the molecule is CNCc1cc(F)ccc1N1CC(C)CC1C. The van der Waals surface area contributed by atoms with Crippen LogP contribution in [0.25, 0.3) is 0 Å². The monoisotopic (exact) mass is 236 g/mol. The number of benzene rings is 1. The van der Waals surface area contributed by atoms with E-state index in [1.165, 1.54) is 12.1 Å². The molecule has 0 spiro atoms. The number of rotatable bonds is 3. The molecular formula is C14H21FN2. The summed E-state index contributed by atoms with van der Waals surface area (Å²) < 4.78 is 13.3. The first-order chi connectivity index (χ1) is 8.11. The third kappa shape index (κ3) is 2.60. The Morgan fingerprint density at radius 1 is 1.41 bits per heavy atom. The van der Waals surface area contributed by atoms with Crippen molar-refractivity contribution in [2.75, 3.05) is 18.5 Å². The lowest BCUT2D eigenvalue weighted by Crippen LogP contribution is -2.28. The maximum absolute atomic E-state index is 13.3. The molecule has 0 aromatic heterocycles. The van der Waals surface area contributed by atoms with Crippen molar-refractivity contribution in [2.45, 2.75) is 32.9 Å². The number of hydrogen-bond acceptors (Lipinski definition) is 2. The fourth-order valence-electron chi connectivity index (χ4n) is 2.80. The molecule has 0 saturated carbocycles. The van der Waals surface area contributed by atoms with Crippen molar-refractivity contribution in [3.8, 4) is 0 Å². The predicted octanol–water partition coefficient (Wildman–Crippen LogP) is 2.78. The summed E-state index contributed by atoms with van der Waals surface area (Å²) >= 11 is 0. The van der Waals surface area contributed by atoms with Gasteiger partial charge in [-0.3, -0.25) is 0 Å². The topological polar surface area (TPSA) is 15.3 Å². The average molecular weight is 236 g/mol. The van der Waals surface area contributed by atoms with Crippen LogP contribution >= 0.6 is 0 Å². The minimum atomic E-state index is -0.154. The van der Waals surface area contributed by atoms with Crippen LogP contribution in [-0.4, -0.2) is 19.6 Å². The Bertz CT molecular complexity index is 392. The van der Waals surface area contributed by atoms with Gasteiger partial charge in [0.05, 0.1) is 0 Å². The van der Waals surface area contributed by atoms with Crippen LogP contribution in [0.1, 0.15) is 25.8 Å². The van der Waals surface area contributed by atoms with Gasteiger partial charge in [-0.2, -0.15) is 0 Å².